The van der Waals surface area contributed by atoms with E-state index in [4.69, 9.17) is 4.74 Å². The first-order valence-electron chi connectivity index (χ1n) is 9.39. The van der Waals surface area contributed by atoms with Crippen LogP contribution in [0.4, 0.5) is 5.00 Å². The topological polar surface area (TPSA) is 84.5 Å². The van der Waals surface area contributed by atoms with Gasteiger partial charge in [0.05, 0.1) is 12.2 Å². The highest BCUT2D eigenvalue weighted by molar-refractivity contribution is 7.99. The van der Waals surface area contributed by atoms with Gasteiger partial charge in [-0.05, 0) is 50.6 Å². The molecule has 8 heteroatoms. The summed E-state index contributed by atoms with van der Waals surface area (Å²) in [4.78, 5) is 38.3. The average Bonchev–Trinajstić information content (AvgIpc) is 3.02. The highest BCUT2D eigenvalue weighted by Gasteiger charge is 2.25. The number of thioether (sulfide) groups is 1. The van der Waals surface area contributed by atoms with Crippen molar-refractivity contribution in [3.8, 4) is 0 Å². The standard InChI is InChI=1S/C21H26N2O4S2/c1-5-27-21(26)18-14(3)17(19(25)22-4)20(29-18)23-16(24)7-6-12-28-15-10-8-13(2)9-11-15/h8-11H,5-7,12H2,1-4H3,(H,22,25)(H,23,24). The van der Waals surface area contributed by atoms with E-state index in [0.717, 1.165) is 17.1 Å². The van der Waals surface area contributed by atoms with Crippen molar-refractivity contribution < 1.29 is 19.1 Å². The van der Waals surface area contributed by atoms with E-state index in [0.29, 0.717) is 33.8 Å². The zero-order valence-corrected chi connectivity index (χ0v) is 18.7. The second-order valence-corrected chi connectivity index (χ2v) is 8.56. The van der Waals surface area contributed by atoms with Crippen molar-refractivity contribution in [1.29, 1.82) is 0 Å². The number of esters is 1. The second-order valence-electron chi connectivity index (χ2n) is 6.37. The fourth-order valence-corrected chi connectivity index (χ4v) is 4.60. The van der Waals surface area contributed by atoms with Crippen LogP contribution in [0.3, 0.4) is 0 Å². The van der Waals surface area contributed by atoms with Crippen molar-refractivity contribution in [2.75, 3.05) is 24.7 Å². The van der Waals surface area contributed by atoms with E-state index < -0.39 is 5.97 Å². The Hall–Kier alpha value is -2.32. The molecule has 0 unspecified atom stereocenters. The first-order chi connectivity index (χ1) is 13.9. The first-order valence-corrected chi connectivity index (χ1v) is 11.2. The minimum atomic E-state index is -0.491. The molecule has 0 atom stereocenters. The number of hydrogen-bond donors (Lipinski definition) is 2. The molecule has 1 aromatic carbocycles. The molecule has 29 heavy (non-hydrogen) atoms. The third-order valence-electron chi connectivity index (χ3n) is 4.15. The van der Waals surface area contributed by atoms with Gasteiger partial charge in [0.25, 0.3) is 5.91 Å². The predicted molar refractivity (Wildman–Crippen MR) is 118 cm³/mol. The number of benzene rings is 1. The Balaban J connectivity index is 1.99. The van der Waals surface area contributed by atoms with E-state index in [1.54, 1.807) is 25.6 Å². The Labute approximate surface area is 179 Å². The highest BCUT2D eigenvalue weighted by Crippen LogP contribution is 2.34. The summed E-state index contributed by atoms with van der Waals surface area (Å²) in [5, 5.41) is 5.72. The average molecular weight is 435 g/mol. The number of carbonyl (C=O) groups excluding carboxylic acids is 3. The molecule has 2 rings (SSSR count). The summed E-state index contributed by atoms with van der Waals surface area (Å²) >= 11 is 2.77. The quantitative estimate of drug-likeness (QED) is 0.347. The molecule has 0 aliphatic heterocycles. The molecule has 0 spiro atoms. The van der Waals surface area contributed by atoms with Gasteiger partial charge in [0.1, 0.15) is 9.88 Å². The third-order valence-corrected chi connectivity index (χ3v) is 6.44. The molecule has 156 valence electrons. The number of nitrogens with one attached hydrogen (secondary N) is 2. The van der Waals surface area contributed by atoms with Gasteiger partial charge in [0, 0.05) is 18.4 Å². The van der Waals surface area contributed by atoms with E-state index in [1.807, 2.05) is 6.92 Å². The summed E-state index contributed by atoms with van der Waals surface area (Å²) < 4.78 is 5.05. The maximum atomic E-state index is 12.4. The number of anilines is 1. The Morgan fingerprint density at radius 1 is 1.14 bits per heavy atom. The molecular formula is C21H26N2O4S2. The zero-order valence-electron chi connectivity index (χ0n) is 17.1. The van der Waals surface area contributed by atoms with Gasteiger partial charge in [-0.1, -0.05) is 17.7 Å². The molecule has 0 bridgehead atoms. The molecule has 0 aliphatic rings. The normalized spacial score (nSPS) is 10.5. The van der Waals surface area contributed by atoms with E-state index in [2.05, 4.69) is 34.9 Å². The Kier molecular flexibility index (Phi) is 8.72. The number of aryl methyl sites for hydroxylation is 1. The summed E-state index contributed by atoms with van der Waals surface area (Å²) in [5.74, 6) is -0.206. The van der Waals surface area contributed by atoms with Gasteiger partial charge in [-0.3, -0.25) is 9.59 Å². The molecule has 1 aromatic heterocycles. The summed E-state index contributed by atoms with van der Waals surface area (Å²) in [7, 11) is 1.51. The van der Waals surface area contributed by atoms with E-state index in [1.165, 1.54) is 17.5 Å². The summed E-state index contributed by atoms with van der Waals surface area (Å²) in [6, 6.07) is 8.27. The van der Waals surface area contributed by atoms with Crippen molar-refractivity contribution in [2.24, 2.45) is 0 Å². The Morgan fingerprint density at radius 2 is 1.83 bits per heavy atom. The molecule has 6 nitrogen and oxygen atoms in total. The first kappa shape index (κ1) is 23.0. The lowest BCUT2D eigenvalue weighted by Gasteiger charge is -2.07. The van der Waals surface area contributed by atoms with Crippen molar-refractivity contribution in [3.05, 3.63) is 45.8 Å². The molecular weight excluding hydrogens is 408 g/mol. The van der Waals surface area contributed by atoms with Crippen LogP contribution in [0.5, 0.6) is 0 Å². The summed E-state index contributed by atoms with van der Waals surface area (Å²) in [6.45, 7) is 5.69. The fraction of sp³-hybridized carbons (Fsp3) is 0.381. The summed E-state index contributed by atoms with van der Waals surface area (Å²) in [6.07, 6.45) is 1.03. The van der Waals surface area contributed by atoms with E-state index in [-0.39, 0.29) is 18.4 Å². The number of carbonyl (C=O) groups is 3. The molecule has 0 saturated carbocycles. The van der Waals surface area contributed by atoms with Crippen molar-refractivity contribution in [3.63, 3.8) is 0 Å². The smallest absolute Gasteiger partial charge is 0.348 e. The van der Waals surface area contributed by atoms with Crippen molar-refractivity contribution in [2.45, 2.75) is 38.5 Å². The minimum Gasteiger partial charge on any atom is -0.462 e. The second kappa shape index (κ2) is 11.0. The van der Waals surface area contributed by atoms with Crippen LogP contribution < -0.4 is 10.6 Å². The van der Waals surface area contributed by atoms with E-state index >= 15 is 0 Å². The lowest BCUT2D eigenvalue weighted by atomic mass is 10.1. The number of amides is 2. The maximum absolute atomic E-state index is 12.4. The van der Waals surface area contributed by atoms with Gasteiger partial charge in [0.2, 0.25) is 5.91 Å². The van der Waals surface area contributed by atoms with Crippen molar-refractivity contribution in [1.82, 2.24) is 5.32 Å². The van der Waals surface area contributed by atoms with Crippen molar-refractivity contribution >= 4 is 45.9 Å². The number of hydrogen-bond acceptors (Lipinski definition) is 6. The van der Waals surface area contributed by atoms with E-state index in [9.17, 15) is 14.4 Å². The highest BCUT2D eigenvalue weighted by atomic mass is 32.2. The molecule has 0 aliphatic carbocycles. The SMILES string of the molecule is CCOC(=O)c1sc(NC(=O)CCCSc2ccc(C)cc2)c(C(=O)NC)c1C. The Bertz CT molecular complexity index is 876. The minimum absolute atomic E-state index is 0.184. The maximum Gasteiger partial charge on any atom is 0.348 e. The molecule has 0 fully saturated rings. The van der Waals surface area contributed by atoms with Gasteiger partial charge >= 0.3 is 5.97 Å². The zero-order chi connectivity index (χ0) is 21.4. The van der Waals surface area contributed by atoms with Gasteiger partial charge in [-0.2, -0.15) is 0 Å². The lowest BCUT2D eigenvalue weighted by Crippen LogP contribution is -2.21. The number of thiophene rings is 1. The molecule has 0 saturated heterocycles. The van der Waals surface area contributed by atoms with Gasteiger partial charge in [-0.25, -0.2) is 4.79 Å². The van der Waals surface area contributed by atoms with Crippen LogP contribution >= 0.6 is 23.1 Å². The molecule has 1 heterocycles. The fourth-order valence-electron chi connectivity index (χ4n) is 2.64. The van der Waals surface area contributed by atoms with Crippen LogP contribution in [0.15, 0.2) is 29.2 Å². The monoisotopic (exact) mass is 434 g/mol. The molecule has 2 amide bonds. The van der Waals surface area contributed by atoms with Crippen LogP contribution in [-0.2, 0) is 9.53 Å². The van der Waals surface area contributed by atoms with Crippen LogP contribution in [0.1, 0.15) is 50.9 Å². The van der Waals surface area contributed by atoms with Crippen LogP contribution in [-0.4, -0.2) is 37.2 Å². The van der Waals surface area contributed by atoms with Gasteiger partial charge in [0.15, 0.2) is 0 Å². The largest absolute Gasteiger partial charge is 0.462 e. The van der Waals surface area contributed by atoms with Crippen LogP contribution in [0.25, 0.3) is 0 Å². The summed E-state index contributed by atoms with van der Waals surface area (Å²) in [5.41, 5.74) is 2.04. The predicted octanol–water partition coefficient (Wildman–Crippen LogP) is 4.41. The van der Waals surface area contributed by atoms with Crippen LogP contribution in [0, 0.1) is 13.8 Å². The number of ether oxygens (including phenoxy) is 1. The number of rotatable bonds is 9. The Morgan fingerprint density at radius 3 is 2.45 bits per heavy atom. The molecule has 0 radical (unpaired) electrons. The lowest BCUT2D eigenvalue weighted by molar-refractivity contribution is -0.116. The van der Waals surface area contributed by atoms with Crippen LogP contribution in [0.2, 0.25) is 0 Å². The van der Waals surface area contributed by atoms with Gasteiger partial charge in [-0.15, -0.1) is 23.1 Å². The molecule has 2 N–H and O–H groups in total. The van der Waals surface area contributed by atoms with Gasteiger partial charge < -0.3 is 15.4 Å². The molecule has 2 aromatic rings. The third kappa shape index (κ3) is 6.33.